The summed E-state index contributed by atoms with van der Waals surface area (Å²) < 4.78 is 6.26. The number of hydrogen-bond acceptors (Lipinski definition) is 6. The second-order valence-electron chi connectivity index (χ2n) is 12.2. The number of nitrogens with two attached hydrogens (primary N) is 1. The Kier molecular flexibility index (Phi) is 5.67. The fraction of sp³-hybridized carbons (Fsp3) is 0.621. The second kappa shape index (κ2) is 8.17. The van der Waals surface area contributed by atoms with Crippen LogP contribution in [0.2, 0.25) is 0 Å². The van der Waals surface area contributed by atoms with Crippen LogP contribution in [0.15, 0.2) is 30.9 Å². The number of ketones is 1. The lowest BCUT2D eigenvalue weighted by atomic mass is 9.44. The van der Waals surface area contributed by atoms with Gasteiger partial charge in [0, 0.05) is 40.0 Å². The van der Waals surface area contributed by atoms with Crippen molar-refractivity contribution in [3.05, 3.63) is 42.0 Å². The molecule has 2 amide bonds. The van der Waals surface area contributed by atoms with Crippen LogP contribution in [-0.2, 0) is 16.1 Å². The SMILES string of the molecule is C=C[C@]1(C)C[C@@H](OC(=O)N2Cc3c(N)cccc3C2=O)[C@@]2(C)C3C(=O)CC[C@@]3(CC[C@H]2C)[C@@H](C)[C@@H]1O. The maximum Gasteiger partial charge on any atom is 0.417 e. The molecule has 1 aromatic carbocycles. The number of Topliss-reactive ketones (excluding diaryl/α,β-unsaturated/α-hetero) is 1. The molecule has 1 unspecified atom stereocenters. The van der Waals surface area contributed by atoms with E-state index in [-0.39, 0.29) is 35.5 Å². The summed E-state index contributed by atoms with van der Waals surface area (Å²) >= 11 is 0. The maximum absolute atomic E-state index is 13.6. The minimum absolute atomic E-state index is 0.0589. The second-order valence-corrected chi connectivity index (χ2v) is 12.2. The lowest BCUT2D eigenvalue weighted by Gasteiger charge is -2.61. The number of carbonyl (C=O) groups excluding carboxylic acids is 3. The molecular formula is C29H38N2O5. The molecule has 7 nitrogen and oxygen atoms in total. The summed E-state index contributed by atoms with van der Waals surface area (Å²) in [5.41, 5.74) is 5.87. The van der Waals surface area contributed by atoms with Gasteiger partial charge in [0.2, 0.25) is 0 Å². The number of hydrogen-bond donors (Lipinski definition) is 2. The molecule has 1 aliphatic heterocycles. The molecule has 194 valence electrons. The minimum atomic E-state index is -0.736. The van der Waals surface area contributed by atoms with Crippen molar-refractivity contribution in [2.75, 3.05) is 5.73 Å². The average molecular weight is 495 g/mol. The molecule has 4 aliphatic rings. The van der Waals surface area contributed by atoms with Gasteiger partial charge in [-0.2, -0.15) is 0 Å². The number of nitrogens with zero attached hydrogens (tertiary/aromatic N) is 1. The van der Waals surface area contributed by atoms with Crippen LogP contribution < -0.4 is 5.73 Å². The highest BCUT2D eigenvalue weighted by Crippen LogP contribution is 2.68. The Morgan fingerprint density at radius 2 is 1.97 bits per heavy atom. The molecular weight excluding hydrogens is 456 g/mol. The number of ether oxygens (including phenoxy) is 1. The molecule has 36 heavy (non-hydrogen) atoms. The number of aliphatic hydroxyl groups is 1. The highest BCUT2D eigenvalue weighted by molar-refractivity contribution is 6.07. The van der Waals surface area contributed by atoms with E-state index in [4.69, 9.17) is 10.5 Å². The number of anilines is 1. The molecule has 7 heteroatoms. The third kappa shape index (κ3) is 3.17. The number of imide groups is 1. The first-order valence-corrected chi connectivity index (χ1v) is 13.1. The van der Waals surface area contributed by atoms with Gasteiger partial charge >= 0.3 is 6.09 Å². The molecule has 0 spiro atoms. The number of carbonyl (C=O) groups is 3. The Labute approximate surface area is 213 Å². The van der Waals surface area contributed by atoms with Crippen LogP contribution in [0.25, 0.3) is 0 Å². The van der Waals surface area contributed by atoms with Crippen LogP contribution in [-0.4, -0.2) is 40.0 Å². The fourth-order valence-electron chi connectivity index (χ4n) is 8.19. The zero-order valence-electron chi connectivity index (χ0n) is 21.8. The zero-order valence-corrected chi connectivity index (χ0v) is 21.8. The van der Waals surface area contributed by atoms with E-state index in [1.54, 1.807) is 24.3 Å². The smallest absolute Gasteiger partial charge is 0.417 e. The molecule has 8 atom stereocenters. The standard InChI is InChI=1S/C29H38N2O5/c1-6-27(4)14-22(36-26(35)31-15-19-18(25(31)34)8-7-9-20(19)30)28(5)16(2)10-12-29(17(3)24(27)33)13-11-21(32)23(28)29/h6-9,16-17,22-24,33H,1,10-15,30H2,2-5H3/t16-,17+,22-,23?,24+,27-,28+,29+/m1/s1. The van der Waals surface area contributed by atoms with E-state index >= 15 is 0 Å². The quantitative estimate of drug-likeness (QED) is 0.455. The Balaban J connectivity index is 1.56. The first-order chi connectivity index (χ1) is 16.9. The van der Waals surface area contributed by atoms with Crippen LogP contribution in [0.5, 0.6) is 0 Å². The third-order valence-corrected chi connectivity index (χ3v) is 10.8. The molecule has 0 saturated heterocycles. The summed E-state index contributed by atoms with van der Waals surface area (Å²) in [6, 6.07) is 5.08. The van der Waals surface area contributed by atoms with Gasteiger partial charge in [0.1, 0.15) is 11.9 Å². The topological polar surface area (TPSA) is 110 Å². The van der Waals surface area contributed by atoms with Crippen LogP contribution in [0, 0.1) is 34.0 Å². The van der Waals surface area contributed by atoms with Crippen molar-refractivity contribution < 1.29 is 24.2 Å². The molecule has 3 N–H and O–H groups in total. The predicted molar refractivity (Wildman–Crippen MR) is 136 cm³/mol. The van der Waals surface area contributed by atoms with Gasteiger partial charge in [-0.3, -0.25) is 9.59 Å². The molecule has 3 saturated carbocycles. The van der Waals surface area contributed by atoms with Crippen molar-refractivity contribution in [2.45, 2.75) is 78.6 Å². The number of benzene rings is 1. The lowest BCUT2D eigenvalue weighted by molar-refractivity contribution is -0.192. The molecule has 3 aliphatic carbocycles. The largest absolute Gasteiger partial charge is 0.445 e. The van der Waals surface area contributed by atoms with Crippen LogP contribution in [0.3, 0.4) is 0 Å². The molecule has 3 fully saturated rings. The summed E-state index contributed by atoms with van der Waals surface area (Å²) in [5.74, 6) is -0.523. The van der Waals surface area contributed by atoms with Crippen molar-refractivity contribution >= 4 is 23.5 Å². The summed E-state index contributed by atoms with van der Waals surface area (Å²) in [6.45, 7) is 12.4. The van der Waals surface area contributed by atoms with E-state index < -0.39 is 35.0 Å². The van der Waals surface area contributed by atoms with E-state index in [0.717, 1.165) is 24.2 Å². The summed E-state index contributed by atoms with van der Waals surface area (Å²) in [7, 11) is 0. The van der Waals surface area contributed by atoms with Crippen LogP contribution in [0.1, 0.15) is 75.7 Å². The first-order valence-electron chi connectivity index (χ1n) is 13.1. The molecule has 2 bridgehead atoms. The summed E-state index contributed by atoms with van der Waals surface area (Å²) in [4.78, 5) is 41.3. The third-order valence-electron chi connectivity index (χ3n) is 10.8. The zero-order chi connectivity index (χ0) is 26.2. The summed E-state index contributed by atoms with van der Waals surface area (Å²) in [5, 5.41) is 11.6. The van der Waals surface area contributed by atoms with E-state index in [1.165, 1.54) is 0 Å². The Bertz CT molecular complexity index is 1150. The van der Waals surface area contributed by atoms with Crippen molar-refractivity contribution in [2.24, 2.45) is 34.0 Å². The van der Waals surface area contributed by atoms with E-state index in [1.807, 2.05) is 6.92 Å². The van der Waals surface area contributed by atoms with E-state index in [2.05, 4.69) is 27.4 Å². The lowest BCUT2D eigenvalue weighted by Crippen LogP contribution is -2.63. The van der Waals surface area contributed by atoms with Crippen molar-refractivity contribution in [1.82, 2.24) is 4.90 Å². The minimum Gasteiger partial charge on any atom is -0.445 e. The number of rotatable bonds is 2. The number of fused-ring (bicyclic) bond motifs is 1. The van der Waals surface area contributed by atoms with Gasteiger partial charge in [0.05, 0.1) is 12.6 Å². The molecule has 0 radical (unpaired) electrons. The molecule has 1 heterocycles. The summed E-state index contributed by atoms with van der Waals surface area (Å²) in [6.07, 6.45) is 2.93. The van der Waals surface area contributed by atoms with Gasteiger partial charge in [-0.1, -0.05) is 39.8 Å². The van der Waals surface area contributed by atoms with Gasteiger partial charge in [0.25, 0.3) is 5.91 Å². The monoisotopic (exact) mass is 494 g/mol. The van der Waals surface area contributed by atoms with Crippen molar-refractivity contribution in [1.29, 1.82) is 0 Å². The van der Waals surface area contributed by atoms with Gasteiger partial charge in [-0.15, -0.1) is 6.58 Å². The number of nitrogen functional groups attached to an aromatic ring is 1. The van der Waals surface area contributed by atoms with E-state index in [0.29, 0.717) is 29.7 Å². The highest BCUT2D eigenvalue weighted by Gasteiger charge is 2.68. The molecule has 5 rings (SSSR count). The van der Waals surface area contributed by atoms with Gasteiger partial charge in [-0.05, 0) is 55.1 Å². The predicted octanol–water partition coefficient (Wildman–Crippen LogP) is 4.72. The van der Waals surface area contributed by atoms with Crippen molar-refractivity contribution in [3.63, 3.8) is 0 Å². The normalized spacial score (nSPS) is 41.8. The van der Waals surface area contributed by atoms with Gasteiger partial charge < -0.3 is 15.6 Å². The van der Waals surface area contributed by atoms with Crippen LogP contribution in [0.4, 0.5) is 10.5 Å². The van der Waals surface area contributed by atoms with Crippen molar-refractivity contribution in [3.8, 4) is 0 Å². The Morgan fingerprint density at radius 3 is 2.64 bits per heavy atom. The van der Waals surface area contributed by atoms with Gasteiger partial charge in [-0.25, -0.2) is 9.69 Å². The molecule has 1 aromatic rings. The fourth-order valence-corrected chi connectivity index (χ4v) is 8.19. The highest BCUT2D eigenvalue weighted by atomic mass is 16.6. The van der Waals surface area contributed by atoms with Crippen LogP contribution >= 0.6 is 0 Å². The number of aliphatic hydroxyl groups excluding tert-OH is 1. The first kappa shape index (κ1) is 25.0. The van der Waals surface area contributed by atoms with E-state index in [9.17, 15) is 19.5 Å². The Hall–Kier alpha value is -2.67. The Morgan fingerprint density at radius 1 is 1.25 bits per heavy atom. The van der Waals surface area contributed by atoms with Gasteiger partial charge in [0.15, 0.2) is 0 Å². The average Bonchev–Trinajstić information content (AvgIpc) is 3.38. The molecule has 0 aromatic heterocycles. The number of amides is 2. The maximum atomic E-state index is 13.6.